The van der Waals surface area contributed by atoms with Gasteiger partial charge in [0.1, 0.15) is 6.61 Å². The van der Waals surface area contributed by atoms with Crippen LogP contribution in [0.1, 0.15) is 26.5 Å². The van der Waals surface area contributed by atoms with Crippen LogP contribution in [0.25, 0.3) is 0 Å². The van der Waals surface area contributed by atoms with Gasteiger partial charge in [0.15, 0.2) is 0 Å². The Morgan fingerprint density at radius 1 is 1.57 bits per heavy atom. The number of aryl methyl sites for hydroxylation is 2. The zero-order valence-electron chi connectivity index (χ0n) is 12.3. The van der Waals surface area contributed by atoms with Crippen molar-refractivity contribution < 1.29 is 9.90 Å². The summed E-state index contributed by atoms with van der Waals surface area (Å²) < 4.78 is 1.64. The van der Waals surface area contributed by atoms with Gasteiger partial charge in [0.05, 0.1) is 17.8 Å². The third-order valence-electron chi connectivity index (χ3n) is 2.95. The summed E-state index contributed by atoms with van der Waals surface area (Å²) in [5.74, 6) is 5.42. The van der Waals surface area contributed by atoms with E-state index >= 15 is 0 Å². The fraction of sp³-hybridized carbons (Fsp3) is 0.333. The molecule has 0 spiro atoms. The lowest BCUT2D eigenvalue weighted by atomic mass is 10.2. The monoisotopic (exact) mass is 303 g/mol. The molecule has 110 valence electrons. The summed E-state index contributed by atoms with van der Waals surface area (Å²) in [5.41, 5.74) is 2.22. The number of carbonyl (C=O) groups excluding carboxylic acids is 1. The third kappa shape index (κ3) is 3.72. The Morgan fingerprint density at radius 3 is 2.95 bits per heavy atom. The Labute approximate surface area is 127 Å². The van der Waals surface area contributed by atoms with E-state index in [9.17, 15) is 4.79 Å². The highest BCUT2D eigenvalue weighted by Gasteiger charge is 2.17. The molecule has 0 aliphatic rings. The van der Waals surface area contributed by atoms with E-state index in [0.717, 1.165) is 16.1 Å². The standard InChI is InChI=1S/C15H17N3O2S/c1-11-14(9-18(3)16-11)15(20)17(2)8-13-7-12(10-21-13)5-4-6-19/h7,9-10,19H,6,8H2,1-3H3. The van der Waals surface area contributed by atoms with Crippen LogP contribution in [0.15, 0.2) is 17.6 Å². The van der Waals surface area contributed by atoms with Gasteiger partial charge in [-0.25, -0.2) is 0 Å². The maximum absolute atomic E-state index is 12.4. The lowest BCUT2D eigenvalue weighted by Gasteiger charge is -2.15. The molecule has 1 N–H and O–H groups in total. The molecule has 0 saturated heterocycles. The number of aliphatic hydroxyl groups is 1. The van der Waals surface area contributed by atoms with Gasteiger partial charge in [-0.15, -0.1) is 11.3 Å². The number of aliphatic hydroxyl groups excluding tert-OH is 1. The molecule has 2 rings (SSSR count). The SMILES string of the molecule is Cc1nn(C)cc1C(=O)N(C)Cc1cc(C#CCO)cs1. The van der Waals surface area contributed by atoms with Crippen LogP contribution < -0.4 is 0 Å². The Balaban J connectivity index is 2.07. The summed E-state index contributed by atoms with van der Waals surface area (Å²) in [5, 5.41) is 14.8. The maximum atomic E-state index is 12.4. The van der Waals surface area contributed by atoms with Gasteiger partial charge in [0.2, 0.25) is 0 Å². The fourth-order valence-electron chi connectivity index (χ4n) is 1.99. The van der Waals surface area contributed by atoms with E-state index in [1.54, 1.807) is 41.2 Å². The molecule has 0 radical (unpaired) electrons. The molecule has 0 fully saturated rings. The molecule has 0 unspecified atom stereocenters. The largest absolute Gasteiger partial charge is 0.384 e. The van der Waals surface area contributed by atoms with Gasteiger partial charge >= 0.3 is 0 Å². The van der Waals surface area contributed by atoms with E-state index < -0.39 is 0 Å². The average molecular weight is 303 g/mol. The van der Waals surface area contributed by atoms with Crippen molar-refractivity contribution in [3.63, 3.8) is 0 Å². The molecular formula is C15H17N3O2S. The molecule has 2 aromatic rings. The van der Waals surface area contributed by atoms with E-state index in [1.165, 1.54) is 0 Å². The topological polar surface area (TPSA) is 58.4 Å². The Bertz CT molecular complexity index is 706. The van der Waals surface area contributed by atoms with Gasteiger partial charge in [-0.2, -0.15) is 5.10 Å². The molecule has 0 aromatic carbocycles. The minimum Gasteiger partial charge on any atom is -0.384 e. The molecule has 2 heterocycles. The van der Waals surface area contributed by atoms with E-state index in [0.29, 0.717) is 12.1 Å². The molecule has 0 aliphatic carbocycles. The van der Waals surface area contributed by atoms with Gasteiger partial charge in [0, 0.05) is 36.1 Å². The Morgan fingerprint density at radius 2 is 2.33 bits per heavy atom. The molecule has 1 amide bonds. The molecule has 6 heteroatoms. The van der Waals surface area contributed by atoms with Crippen LogP contribution >= 0.6 is 11.3 Å². The molecule has 0 saturated carbocycles. The van der Waals surface area contributed by atoms with Crippen molar-refractivity contribution in [3.8, 4) is 11.8 Å². The maximum Gasteiger partial charge on any atom is 0.257 e. The predicted molar refractivity (Wildman–Crippen MR) is 82.0 cm³/mol. The normalized spacial score (nSPS) is 10.1. The second-order valence-electron chi connectivity index (χ2n) is 4.72. The Hall–Kier alpha value is -2.10. The first kappa shape index (κ1) is 15.3. The number of amides is 1. The lowest BCUT2D eigenvalue weighted by Crippen LogP contribution is -2.26. The Kier molecular flexibility index (Phi) is 4.78. The molecule has 0 atom stereocenters. The van der Waals surface area contributed by atoms with Gasteiger partial charge in [0.25, 0.3) is 5.91 Å². The minimum atomic E-state index is -0.149. The highest BCUT2D eigenvalue weighted by atomic mass is 32.1. The number of hydrogen-bond donors (Lipinski definition) is 1. The van der Waals surface area contributed by atoms with Crippen molar-refractivity contribution >= 4 is 17.2 Å². The first-order chi connectivity index (χ1) is 10.0. The van der Waals surface area contributed by atoms with Crippen LogP contribution in [0.2, 0.25) is 0 Å². The van der Waals surface area contributed by atoms with Crippen LogP contribution in [-0.2, 0) is 13.6 Å². The first-order valence-electron chi connectivity index (χ1n) is 6.44. The predicted octanol–water partition coefficient (Wildman–Crippen LogP) is 1.41. The van der Waals surface area contributed by atoms with Crippen LogP contribution in [0.3, 0.4) is 0 Å². The fourth-order valence-corrected chi connectivity index (χ4v) is 2.86. The number of aromatic nitrogens is 2. The molecule has 2 aromatic heterocycles. The highest BCUT2D eigenvalue weighted by Crippen LogP contribution is 2.17. The summed E-state index contributed by atoms with van der Waals surface area (Å²) in [6.45, 7) is 2.21. The van der Waals surface area contributed by atoms with Crippen molar-refractivity contribution in [2.75, 3.05) is 13.7 Å². The quantitative estimate of drug-likeness (QED) is 0.872. The molecule has 0 bridgehead atoms. The molecule has 5 nitrogen and oxygen atoms in total. The second kappa shape index (κ2) is 6.57. The van der Waals surface area contributed by atoms with E-state index in [-0.39, 0.29) is 12.5 Å². The molecule has 0 aliphatic heterocycles. The number of nitrogens with zero attached hydrogens (tertiary/aromatic N) is 3. The van der Waals surface area contributed by atoms with Crippen molar-refractivity contribution in [2.24, 2.45) is 7.05 Å². The number of carbonyl (C=O) groups is 1. The van der Waals surface area contributed by atoms with Gasteiger partial charge < -0.3 is 10.0 Å². The number of rotatable bonds is 3. The van der Waals surface area contributed by atoms with Crippen LogP contribution in [0.5, 0.6) is 0 Å². The van der Waals surface area contributed by atoms with Crippen LogP contribution in [0.4, 0.5) is 0 Å². The van der Waals surface area contributed by atoms with E-state index in [4.69, 9.17) is 5.11 Å². The number of hydrogen-bond acceptors (Lipinski definition) is 4. The lowest BCUT2D eigenvalue weighted by molar-refractivity contribution is 0.0785. The van der Waals surface area contributed by atoms with Crippen LogP contribution in [-0.4, -0.2) is 39.3 Å². The average Bonchev–Trinajstić information content (AvgIpc) is 3.02. The van der Waals surface area contributed by atoms with E-state index in [1.807, 2.05) is 18.4 Å². The summed E-state index contributed by atoms with van der Waals surface area (Å²) in [6.07, 6.45) is 1.74. The van der Waals surface area contributed by atoms with E-state index in [2.05, 4.69) is 16.9 Å². The number of thiophene rings is 1. The summed E-state index contributed by atoms with van der Waals surface area (Å²) in [6, 6.07) is 1.94. The summed E-state index contributed by atoms with van der Waals surface area (Å²) >= 11 is 1.55. The van der Waals surface area contributed by atoms with Gasteiger partial charge in [-0.3, -0.25) is 9.48 Å². The molecule has 21 heavy (non-hydrogen) atoms. The minimum absolute atomic E-state index is 0.0445. The smallest absolute Gasteiger partial charge is 0.257 e. The zero-order valence-corrected chi connectivity index (χ0v) is 13.1. The third-order valence-corrected chi connectivity index (χ3v) is 3.87. The van der Waals surface area contributed by atoms with Crippen molar-refractivity contribution in [2.45, 2.75) is 13.5 Å². The van der Waals surface area contributed by atoms with Crippen molar-refractivity contribution in [1.82, 2.24) is 14.7 Å². The van der Waals surface area contributed by atoms with Crippen molar-refractivity contribution in [3.05, 3.63) is 39.3 Å². The summed E-state index contributed by atoms with van der Waals surface area (Å²) in [7, 11) is 3.57. The first-order valence-corrected chi connectivity index (χ1v) is 7.32. The second-order valence-corrected chi connectivity index (χ2v) is 5.72. The molecular weight excluding hydrogens is 286 g/mol. The van der Waals surface area contributed by atoms with Crippen molar-refractivity contribution in [1.29, 1.82) is 0 Å². The highest BCUT2D eigenvalue weighted by molar-refractivity contribution is 7.10. The van der Waals surface area contributed by atoms with Crippen LogP contribution in [0, 0.1) is 18.8 Å². The zero-order chi connectivity index (χ0) is 15.4. The van der Waals surface area contributed by atoms with Gasteiger partial charge in [-0.05, 0) is 13.0 Å². The van der Waals surface area contributed by atoms with Gasteiger partial charge in [-0.1, -0.05) is 11.8 Å². The summed E-state index contributed by atoms with van der Waals surface area (Å²) in [4.78, 5) is 15.1.